The molecular weight excluding hydrogens is 218 g/mol. The van der Waals surface area contributed by atoms with Crippen molar-refractivity contribution in [1.82, 2.24) is 15.0 Å². The molecule has 0 N–H and O–H groups in total. The van der Waals surface area contributed by atoms with Gasteiger partial charge in [0.1, 0.15) is 6.29 Å². The van der Waals surface area contributed by atoms with Gasteiger partial charge in [0.2, 0.25) is 5.89 Å². The summed E-state index contributed by atoms with van der Waals surface area (Å²) in [6.45, 7) is 5.58. The van der Waals surface area contributed by atoms with Gasteiger partial charge in [-0.25, -0.2) is 0 Å². The van der Waals surface area contributed by atoms with Gasteiger partial charge >= 0.3 is 0 Å². The van der Waals surface area contributed by atoms with Crippen LogP contribution in [0.5, 0.6) is 0 Å². The Labute approximate surface area is 101 Å². The molecule has 1 atom stereocenters. The zero-order valence-electron chi connectivity index (χ0n) is 10.4. The van der Waals surface area contributed by atoms with Crippen molar-refractivity contribution in [2.24, 2.45) is 0 Å². The van der Waals surface area contributed by atoms with Gasteiger partial charge in [0.05, 0.1) is 12.6 Å². The number of rotatable bonds is 4. The molecule has 0 aromatic carbocycles. The van der Waals surface area contributed by atoms with Crippen LogP contribution in [-0.2, 0) is 11.3 Å². The van der Waals surface area contributed by atoms with Crippen LogP contribution in [0.3, 0.4) is 0 Å². The number of hydrogen-bond donors (Lipinski definition) is 0. The van der Waals surface area contributed by atoms with Crippen LogP contribution in [0.15, 0.2) is 4.52 Å². The summed E-state index contributed by atoms with van der Waals surface area (Å²) >= 11 is 0. The second-order valence-electron chi connectivity index (χ2n) is 4.87. The Morgan fingerprint density at radius 2 is 2.35 bits per heavy atom. The summed E-state index contributed by atoms with van der Waals surface area (Å²) in [5.74, 6) is 1.62. The molecule has 0 aliphatic carbocycles. The van der Waals surface area contributed by atoms with Gasteiger partial charge in [-0.3, -0.25) is 4.90 Å². The van der Waals surface area contributed by atoms with Crippen molar-refractivity contribution < 1.29 is 9.32 Å². The molecule has 0 radical (unpaired) electrons. The summed E-state index contributed by atoms with van der Waals surface area (Å²) in [6, 6.07) is 0.0122. The van der Waals surface area contributed by atoms with Crippen molar-refractivity contribution in [3.8, 4) is 0 Å². The third-order valence-corrected chi connectivity index (χ3v) is 3.16. The molecule has 1 saturated heterocycles. The summed E-state index contributed by atoms with van der Waals surface area (Å²) in [5, 5.41) is 3.93. The number of hydrogen-bond acceptors (Lipinski definition) is 5. The number of carbonyl (C=O) groups is 1. The third-order valence-electron chi connectivity index (χ3n) is 3.16. The summed E-state index contributed by atoms with van der Waals surface area (Å²) in [6.07, 6.45) is 4.23. The second-order valence-corrected chi connectivity index (χ2v) is 4.87. The molecule has 1 unspecified atom stereocenters. The average Bonchev–Trinajstić information content (AvgIpc) is 2.78. The minimum atomic E-state index is 0.0122. The summed E-state index contributed by atoms with van der Waals surface area (Å²) < 4.78 is 5.20. The van der Waals surface area contributed by atoms with Gasteiger partial charge in [0.25, 0.3) is 0 Å². The Morgan fingerprint density at radius 1 is 1.53 bits per heavy atom. The quantitative estimate of drug-likeness (QED) is 0.747. The second kappa shape index (κ2) is 5.40. The highest BCUT2D eigenvalue weighted by atomic mass is 16.5. The van der Waals surface area contributed by atoms with Crippen LogP contribution >= 0.6 is 0 Å². The van der Waals surface area contributed by atoms with E-state index in [2.05, 4.69) is 15.0 Å². The molecule has 2 rings (SSSR count). The molecule has 0 amide bonds. The number of piperidine rings is 1. The standard InChI is InChI=1S/C12H19N3O2/c1-9(2)12-13-11(17-14-12)7-15-6-4-3-5-10(15)8-16/h8-10H,3-7H2,1-2H3. The largest absolute Gasteiger partial charge is 0.338 e. The van der Waals surface area contributed by atoms with E-state index in [-0.39, 0.29) is 12.0 Å². The highest BCUT2D eigenvalue weighted by Gasteiger charge is 2.23. The minimum absolute atomic E-state index is 0.0122. The number of carbonyl (C=O) groups excluding carboxylic acids is 1. The lowest BCUT2D eigenvalue weighted by Crippen LogP contribution is -2.39. The molecule has 0 bridgehead atoms. The lowest BCUT2D eigenvalue weighted by atomic mass is 10.0. The fraction of sp³-hybridized carbons (Fsp3) is 0.750. The number of aromatic nitrogens is 2. The molecule has 1 aromatic rings. The average molecular weight is 237 g/mol. The van der Waals surface area contributed by atoms with Gasteiger partial charge < -0.3 is 9.32 Å². The highest BCUT2D eigenvalue weighted by molar-refractivity contribution is 5.57. The normalized spacial score (nSPS) is 21.9. The van der Waals surface area contributed by atoms with Gasteiger partial charge in [-0.1, -0.05) is 25.4 Å². The molecule has 0 saturated carbocycles. The topological polar surface area (TPSA) is 59.2 Å². The molecule has 2 heterocycles. The van der Waals surface area contributed by atoms with E-state index in [4.69, 9.17) is 4.52 Å². The molecule has 94 valence electrons. The van der Waals surface area contributed by atoms with Crippen molar-refractivity contribution >= 4 is 6.29 Å². The van der Waals surface area contributed by atoms with Crippen LogP contribution in [0.4, 0.5) is 0 Å². The van der Waals surface area contributed by atoms with Crippen LogP contribution < -0.4 is 0 Å². The molecule has 17 heavy (non-hydrogen) atoms. The Hall–Kier alpha value is -1.23. The first-order chi connectivity index (χ1) is 8.20. The Morgan fingerprint density at radius 3 is 3.00 bits per heavy atom. The zero-order valence-corrected chi connectivity index (χ0v) is 10.4. The molecule has 5 nitrogen and oxygen atoms in total. The Balaban J connectivity index is 2.00. The van der Waals surface area contributed by atoms with E-state index in [1.807, 2.05) is 13.8 Å². The van der Waals surface area contributed by atoms with Crippen molar-refractivity contribution in [2.75, 3.05) is 6.54 Å². The van der Waals surface area contributed by atoms with Gasteiger partial charge in [0.15, 0.2) is 5.82 Å². The molecule has 1 aliphatic heterocycles. The van der Waals surface area contributed by atoms with Crippen molar-refractivity contribution in [3.63, 3.8) is 0 Å². The first-order valence-corrected chi connectivity index (χ1v) is 6.22. The maximum absolute atomic E-state index is 11.0. The van der Waals surface area contributed by atoms with E-state index in [1.54, 1.807) is 0 Å². The Kier molecular flexibility index (Phi) is 3.89. The number of nitrogens with zero attached hydrogens (tertiary/aromatic N) is 3. The molecule has 1 aliphatic rings. The predicted octanol–water partition coefficient (Wildman–Crippen LogP) is 1.75. The van der Waals surface area contributed by atoms with Crippen molar-refractivity contribution in [1.29, 1.82) is 0 Å². The monoisotopic (exact) mass is 237 g/mol. The number of aldehydes is 1. The van der Waals surface area contributed by atoms with Crippen LogP contribution in [0, 0.1) is 0 Å². The molecule has 1 aromatic heterocycles. The van der Waals surface area contributed by atoms with Crippen molar-refractivity contribution in [3.05, 3.63) is 11.7 Å². The molecule has 0 spiro atoms. The molecule has 1 fully saturated rings. The molecule has 5 heteroatoms. The van der Waals surface area contributed by atoms with Gasteiger partial charge in [-0.2, -0.15) is 4.98 Å². The first kappa shape index (κ1) is 12.2. The van der Waals surface area contributed by atoms with E-state index >= 15 is 0 Å². The summed E-state index contributed by atoms with van der Waals surface area (Å²) in [7, 11) is 0. The SMILES string of the molecule is CC(C)c1noc(CN2CCCCC2C=O)n1. The maximum Gasteiger partial charge on any atom is 0.240 e. The van der Waals surface area contributed by atoms with Gasteiger partial charge in [0, 0.05) is 5.92 Å². The van der Waals surface area contributed by atoms with Crippen LogP contribution in [-0.4, -0.2) is 33.9 Å². The van der Waals surface area contributed by atoms with E-state index in [1.165, 1.54) is 0 Å². The van der Waals surface area contributed by atoms with Gasteiger partial charge in [-0.05, 0) is 19.4 Å². The lowest BCUT2D eigenvalue weighted by molar-refractivity contribution is -0.113. The van der Waals surface area contributed by atoms with Crippen LogP contribution in [0.2, 0.25) is 0 Å². The van der Waals surface area contributed by atoms with Crippen LogP contribution in [0.1, 0.15) is 50.7 Å². The maximum atomic E-state index is 11.0. The Bertz CT molecular complexity index is 376. The predicted molar refractivity (Wildman–Crippen MR) is 62.5 cm³/mol. The fourth-order valence-electron chi connectivity index (χ4n) is 2.11. The summed E-state index contributed by atoms with van der Waals surface area (Å²) in [4.78, 5) is 17.4. The van der Waals surface area contributed by atoms with E-state index < -0.39 is 0 Å². The smallest absolute Gasteiger partial charge is 0.240 e. The minimum Gasteiger partial charge on any atom is -0.338 e. The summed E-state index contributed by atoms with van der Waals surface area (Å²) in [5.41, 5.74) is 0. The van der Waals surface area contributed by atoms with Gasteiger partial charge in [-0.15, -0.1) is 0 Å². The van der Waals surface area contributed by atoms with Crippen LogP contribution in [0.25, 0.3) is 0 Å². The van der Waals surface area contributed by atoms with E-state index in [9.17, 15) is 4.79 Å². The molecular formula is C12H19N3O2. The third kappa shape index (κ3) is 2.91. The van der Waals surface area contributed by atoms with E-state index in [0.717, 1.165) is 37.9 Å². The number of likely N-dealkylation sites (tertiary alicyclic amines) is 1. The lowest BCUT2D eigenvalue weighted by Gasteiger charge is -2.30. The first-order valence-electron chi connectivity index (χ1n) is 6.22. The van der Waals surface area contributed by atoms with E-state index in [0.29, 0.717) is 12.4 Å². The highest BCUT2D eigenvalue weighted by Crippen LogP contribution is 2.18. The zero-order chi connectivity index (χ0) is 12.3. The van der Waals surface area contributed by atoms with Crippen molar-refractivity contribution in [2.45, 2.75) is 51.6 Å². The fourth-order valence-corrected chi connectivity index (χ4v) is 2.11.